The molecule has 0 radical (unpaired) electrons. The normalized spacial score (nSPS) is 11.6. The number of hydrogen-bond acceptors (Lipinski definition) is 1. The maximum atomic E-state index is 3.53. The first-order valence-corrected chi connectivity index (χ1v) is 8.82. The van der Waals surface area contributed by atoms with Crippen molar-refractivity contribution < 1.29 is 51.0 Å². The first-order valence-electron chi connectivity index (χ1n) is 7.21. The van der Waals surface area contributed by atoms with Crippen LogP contribution in [-0.4, -0.2) is 0 Å². The molecule has 5 heteroatoms. The van der Waals surface area contributed by atoms with Gasteiger partial charge in [0.05, 0.1) is 0 Å². The van der Waals surface area contributed by atoms with Crippen LogP contribution in [0.4, 0.5) is 0 Å². The SMILES string of the molecule is Brc1c[cH-]c2c(c1)sc1cc3ccccc3c12.[C-]1=CC=CC1.[Cl-].[Cl-].[Zr+4]. The van der Waals surface area contributed by atoms with E-state index in [1.54, 1.807) is 0 Å². The van der Waals surface area contributed by atoms with Gasteiger partial charge < -0.3 is 24.8 Å². The number of halogens is 3. The number of fused-ring (bicyclic) bond motifs is 5. The second-order valence-electron chi connectivity index (χ2n) is 5.22. The molecule has 1 aliphatic rings. The molecule has 0 amide bonds. The van der Waals surface area contributed by atoms with E-state index in [-0.39, 0.29) is 51.0 Å². The Morgan fingerprint density at radius 2 is 1.88 bits per heavy atom. The molecular weight excluding hydrogens is 514 g/mol. The Morgan fingerprint density at radius 3 is 2.56 bits per heavy atom. The molecule has 4 aromatic rings. The van der Waals surface area contributed by atoms with Crippen molar-refractivity contribution in [3.05, 3.63) is 77.3 Å². The topological polar surface area (TPSA) is 0 Å². The maximum Gasteiger partial charge on any atom is 4.00 e. The summed E-state index contributed by atoms with van der Waals surface area (Å²) in [6, 6.07) is 17.5. The Hall–Kier alpha value is -0.307. The predicted octanol–water partition coefficient (Wildman–Crippen LogP) is 1.00. The first-order chi connectivity index (χ1) is 10.8. The van der Waals surface area contributed by atoms with E-state index in [9.17, 15) is 0 Å². The van der Waals surface area contributed by atoms with Crippen LogP contribution in [0.25, 0.3) is 30.9 Å². The van der Waals surface area contributed by atoms with Crippen molar-refractivity contribution in [1.29, 1.82) is 0 Å². The van der Waals surface area contributed by atoms with Crippen molar-refractivity contribution in [2.24, 2.45) is 0 Å². The van der Waals surface area contributed by atoms with Gasteiger partial charge in [-0.05, 0) is 16.2 Å². The van der Waals surface area contributed by atoms with Crippen LogP contribution in [0.3, 0.4) is 0 Å². The Morgan fingerprint density at radius 1 is 1.08 bits per heavy atom. The first kappa shape index (κ1) is 22.7. The molecule has 1 aromatic heterocycles. The minimum absolute atomic E-state index is 0. The van der Waals surface area contributed by atoms with E-state index in [0.29, 0.717) is 0 Å². The molecule has 0 N–H and O–H groups in total. The molecule has 124 valence electrons. The molecule has 0 nitrogen and oxygen atoms in total. The number of hydrogen-bond donors (Lipinski definition) is 0. The van der Waals surface area contributed by atoms with Gasteiger partial charge in [-0.15, -0.1) is 45.9 Å². The summed E-state index contributed by atoms with van der Waals surface area (Å²) < 4.78 is 3.90. The zero-order valence-electron chi connectivity index (χ0n) is 13.1. The van der Waals surface area contributed by atoms with Gasteiger partial charge in [-0.2, -0.15) is 17.4 Å². The molecule has 1 aliphatic carbocycles. The molecule has 0 aliphatic heterocycles. The van der Waals surface area contributed by atoms with Crippen LogP contribution < -0.4 is 24.8 Å². The zero-order chi connectivity index (χ0) is 14.9. The fraction of sp³-hybridized carbons (Fsp3) is 0.0500. The molecule has 0 fully saturated rings. The van der Waals surface area contributed by atoms with Crippen LogP contribution in [0, 0.1) is 6.08 Å². The molecule has 0 unspecified atom stereocenters. The average Bonchev–Trinajstić information content (AvgIpc) is 3.24. The Bertz CT molecular complexity index is 1020. The summed E-state index contributed by atoms with van der Waals surface area (Å²) in [6.07, 6.45) is 10.0. The summed E-state index contributed by atoms with van der Waals surface area (Å²) in [6.45, 7) is 0. The van der Waals surface area contributed by atoms with Crippen molar-refractivity contribution in [3.8, 4) is 0 Å². The zero-order valence-corrected chi connectivity index (χ0v) is 19.5. The molecule has 0 atom stereocenters. The molecule has 1 heterocycles. The molecule has 25 heavy (non-hydrogen) atoms. The van der Waals surface area contributed by atoms with E-state index in [4.69, 9.17) is 0 Å². The minimum Gasteiger partial charge on any atom is -1.00 e. The van der Waals surface area contributed by atoms with Crippen LogP contribution in [0.1, 0.15) is 6.42 Å². The average molecular weight is 527 g/mol. The summed E-state index contributed by atoms with van der Waals surface area (Å²) in [7, 11) is 0. The Kier molecular flexibility index (Phi) is 9.22. The second-order valence-corrected chi connectivity index (χ2v) is 7.22. The van der Waals surface area contributed by atoms with Gasteiger partial charge in [0, 0.05) is 0 Å². The molecule has 5 rings (SSSR count). The molecular formula is C20H13BrCl2SZr. The van der Waals surface area contributed by atoms with E-state index in [0.717, 1.165) is 10.9 Å². The Labute approximate surface area is 191 Å². The van der Waals surface area contributed by atoms with Crippen LogP contribution in [0.15, 0.2) is 71.2 Å². The standard InChI is InChI=1S/C15H8BrS.C5H5.2ClH.Zr/c16-10-5-6-12-13(8-10)17-14-7-9-3-1-2-4-11(9)15(12)14;1-2-4-5-3-1;;;/h1-8H;1-3H,4H2;2*1H;/q2*-1;;;+4/p-2. The van der Waals surface area contributed by atoms with Crippen molar-refractivity contribution in [1.82, 2.24) is 0 Å². The monoisotopic (exact) mass is 524 g/mol. The van der Waals surface area contributed by atoms with E-state index >= 15 is 0 Å². The minimum atomic E-state index is 0. The largest absolute Gasteiger partial charge is 4.00 e. The third-order valence-electron chi connectivity index (χ3n) is 3.78. The molecule has 0 spiro atoms. The van der Waals surface area contributed by atoms with Gasteiger partial charge >= 0.3 is 26.2 Å². The third kappa shape index (κ3) is 4.70. The van der Waals surface area contributed by atoms with Gasteiger partial charge in [-0.25, -0.2) is 12.2 Å². The van der Waals surface area contributed by atoms with Gasteiger partial charge in [-0.1, -0.05) is 44.2 Å². The van der Waals surface area contributed by atoms with Gasteiger partial charge in [0.2, 0.25) is 0 Å². The summed E-state index contributed by atoms with van der Waals surface area (Å²) >= 11 is 5.41. The predicted molar refractivity (Wildman–Crippen MR) is 102 cm³/mol. The van der Waals surface area contributed by atoms with Crippen LogP contribution in [-0.2, 0) is 26.2 Å². The molecule has 3 aromatic carbocycles. The van der Waals surface area contributed by atoms with E-state index in [1.807, 2.05) is 23.5 Å². The van der Waals surface area contributed by atoms with Gasteiger partial charge in [-0.3, -0.25) is 6.08 Å². The summed E-state index contributed by atoms with van der Waals surface area (Å²) in [5, 5.41) is 5.50. The van der Waals surface area contributed by atoms with Crippen molar-refractivity contribution in [2.45, 2.75) is 6.42 Å². The van der Waals surface area contributed by atoms with Crippen molar-refractivity contribution >= 4 is 58.2 Å². The van der Waals surface area contributed by atoms with Crippen LogP contribution in [0.5, 0.6) is 0 Å². The summed E-state index contributed by atoms with van der Waals surface area (Å²) in [5.41, 5.74) is 0. The third-order valence-corrected chi connectivity index (χ3v) is 5.37. The number of benzene rings is 2. The Balaban J connectivity index is 0.000000344. The van der Waals surface area contributed by atoms with Gasteiger partial charge in [0.25, 0.3) is 0 Å². The molecule has 0 saturated heterocycles. The number of thiophene rings is 1. The molecule has 0 bridgehead atoms. The van der Waals surface area contributed by atoms with Gasteiger partial charge in [0.1, 0.15) is 0 Å². The van der Waals surface area contributed by atoms with E-state index < -0.39 is 0 Å². The van der Waals surface area contributed by atoms with Crippen molar-refractivity contribution in [2.75, 3.05) is 0 Å². The molecule has 0 saturated carbocycles. The van der Waals surface area contributed by atoms with Crippen LogP contribution >= 0.6 is 27.3 Å². The van der Waals surface area contributed by atoms with E-state index in [1.165, 1.54) is 30.9 Å². The quantitative estimate of drug-likeness (QED) is 0.300. The number of allylic oxidation sites excluding steroid dienone is 4. The summed E-state index contributed by atoms with van der Waals surface area (Å²) in [5.74, 6) is 0. The fourth-order valence-corrected chi connectivity index (χ4v) is 4.52. The van der Waals surface area contributed by atoms with Crippen molar-refractivity contribution in [3.63, 3.8) is 0 Å². The van der Waals surface area contributed by atoms with Gasteiger partial charge in [0.15, 0.2) is 0 Å². The van der Waals surface area contributed by atoms with E-state index in [2.05, 4.69) is 76.6 Å². The second kappa shape index (κ2) is 10.1. The summed E-state index contributed by atoms with van der Waals surface area (Å²) in [4.78, 5) is 0. The fourth-order valence-electron chi connectivity index (χ4n) is 2.80. The maximum absolute atomic E-state index is 3.53. The smallest absolute Gasteiger partial charge is 1.00 e. The number of rotatable bonds is 0. The van der Waals surface area contributed by atoms with Crippen LogP contribution in [0.2, 0.25) is 0 Å².